The van der Waals surface area contributed by atoms with Crippen molar-refractivity contribution in [3.63, 3.8) is 0 Å². The third-order valence-electron chi connectivity index (χ3n) is 6.65. The largest absolute Gasteiger partial charge is 0.393 e. The number of rotatable bonds is 8. The van der Waals surface area contributed by atoms with E-state index < -0.39 is 17.3 Å². The number of nitrogens with two attached hydrogens (primary N) is 1. The van der Waals surface area contributed by atoms with Crippen molar-refractivity contribution in [3.05, 3.63) is 28.8 Å². The van der Waals surface area contributed by atoms with Gasteiger partial charge in [0.05, 0.1) is 25.1 Å². The normalized spacial score (nSPS) is 30.5. The molecule has 174 valence electrons. The van der Waals surface area contributed by atoms with Crippen molar-refractivity contribution in [2.45, 2.75) is 56.7 Å². The first-order valence-corrected chi connectivity index (χ1v) is 12.0. The number of thioether (sulfide) groups is 1. The summed E-state index contributed by atoms with van der Waals surface area (Å²) in [5, 5.41) is 13.2. The maximum Gasteiger partial charge on any atom is 0.269 e. The summed E-state index contributed by atoms with van der Waals surface area (Å²) < 4.78 is 3.77. The Hall–Kier alpha value is -1.88. The molecule has 0 unspecified atom stereocenters. The molecule has 1 aromatic heterocycles. The molecule has 2 saturated heterocycles. The fourth-order valence-corrected chi connectivity index (χ4v) is 6.97. The van der Waals surface area contributed by atoms with Crippen molar-refractivity contribution >= 4 is 40.4 Å². The summed E-state index contributed by atoms with van der Waals surface area (Å²) >= 11 is 7.51. The number of carbonyl (C=O) groups is 3. The number of hydrogen-bond acceptors (Lipinski definition) is 6. The van der Waals surface area contributed by atoms with Gasteiger partial charge in [0.1, 0.15) is 17.6 Å². The molecule has 4 heterocycles. The highest BCUT2D eigenvalue weighted by molar-refractivity contribution is 8.03. The van der Waals surface area contributed by atoms with Crippen LogP contribution in [0.1, 0.15) is 26.0 Å². The molecule has 4 N–H and O–H groups in total. The molecular formula is C21H29ClN5O4S+. The summed E-state index contributed by atoms with van der Waals surface area (Å²) in [5.41, 5.74) is 6.66. The van der Waals surface area contributed by atoms with Crippen LogP contribution >= 0.6 is 23.4 Å². The van der Waals surface area contributed by atoms with Gasteiger partial charge < -0.3 is 21.1 Å². The van der Waals surface area contributed by atoms with E-state index in [0.717, 1.165) is 30.0 Å². The Morgan fingerprint density at radius 2 is 2.19 bits per heavy atom. The lowest BCUT2D eigenvalue weighted by Crippen LogP contribution is -2.63. The van der Waals surface area contributed by atoms with E-state index in [1.54, 1.807) is 23.3 Å². The molecule has 0 radical (unpaired) electrons. The third-order valence-corrected chi connectivity index (χ3v) is 8.34. The zero-order valence-electron chi connectivity index (χ0n) is 18.3. The van der Waals surface area contributed by atoms with E-state index in [2.05, 4.69) is 5.32 Å². The van der Waals surface area contributed by atoms with Crippen molar-refractivity contribution in [1.82, 2.24) is 14.8 Å². The molecule has 2 amide bonds. The van der Waals surface area contributed by atoms with Gasteiger partial charge in [0.2, 0.25) is 12.2 Å². The van der Waals surface area contributed by atoms with Gasteiger partial charge in [0, 0.05) is 35.1 Å². The second kappa shape index (κ2) is 8.81. The van der Waals surface area contributed by atoms with Gasteiger partial charge in [-0.1, -0.05) is 6.92 Å². The third kappa shape index (κ3) is 4.09. The number of fused-ring (bicyclic) bond motifs is 1. The summed E-state index contributed by atoms with van der Waals surface area (Å²) in [6.07, 6.45) is 4.72. The van der Waals surface area contributed by atoms with E-state index in [4.69, 9.17) is 17.3 Å². The molecule has 3 aliphatic heterocycles. The van der Waals surface area contributed by atoms with Crippen LogP contribution in [-0.4, -0.2) is 61.6 Å². The number of nitrogens with zero attached hydrogens (tertiary/aromatic N) is 3. The first-order chi connectivity index (χ1) is 15.1. The fourth-order valence-electron chi connectivity index (χ4n) is 5.20. The van der Waals surface area contributed by atoms with Crippen LogP contribution in [0, 0.1) is 11.8 Å². The van der Waals surface area contributed by atoms with Crippen LogP contribution in [0.4, 0.5) is 0 Å². The Balaban J connectivity index is 1.43. The SMILES string of the molecule is C[C@@H](O)[C@H]1C(=O)N2C(C(=O)Cl)=C(S[C@@H]3CN[C@H](Cc4c[n+](CC(N)=O)cn4C)C3)[C@H](C)[C@H]12. The number of primary amides is 1. The second-order valence-corrected chi connectivity index (χ2v) is 10.7. The van der Waals surface area contributed by atoms with Gasteiger partial charge in [0.15, 0.2) is 6.54 Å². The molecule has 32 heavy (non-hydrogen) atoms. The van der Waals surface area contributed by atoms with Gasteiger partial charge in [0.25, 0.3) is 11.1 Å². The average Bonchev–Trinajstić information content (AvgIpc) is 3.32. The molecular weight excluding hydrogens is 454 g/mol. The molecule has 6 atom stereocenters. The van der Waals surface area contributed by atoms with Gasteiger partial charge in [-0.25, -0.2) is 9.13 Å². The van der Waals surface area contributed by atoms with E-state index in [1.807, 2.05) is 31.1 Å². The van der Waals surface area contributed by atoms with Gasteiger partial charge in [-0.3, -0.25) is 14.4 Å². The monoisotopic (exact) mass is 482 g/mol. The lowest BCUT2D eigenvalue weighted by Gasteiger charge is -2.46. The smallest absolute Gasteiger partial charge is 0.269 e. The highest BCUT2D eigenvalue weighted by Crippen LogP contribution is 2.52. The fraction of sp³-hybridized carbons (Fsp3) is 0.619. The molecule has 0 bridgehead atoms. The van der Waals surface area contributed by atoms with Gasteiger partial charge in [-0.15, -0.1) is 11.8 Å². The van der Waals surface area contributed by atoms with Crippen LogP contribution in [0.5, 0.6) is 0 Å². The summed E-state index contributed by atoms with van der Waals surface area (Å²) in [6.45, 7) is 4.53. The maximum atomic E-state index is 12.5. The lowest BCUT2D eigenvalue weighted by molar-refractivity contribution is -0.683. The number of β-lactam (4-membered cyclic amide) rings is 1. The topological polar surface area (TPSA) is 122 Å². The molecule has 2 fully saturated rings. The summed E-state index contributed by atoms with van der Waals surface area (Å²) in [5.74, 6) is -1.15. The molecule has 3 aliphatic rings. The number of aryl methyl sites for hydroxylation is 1. The van der Waals surface area contributed by atoms with Crippen molar-refractivity contribution in [3.8, 4) is 0 Å². The molecule has 0 saturated carbocycles. The van der Waals surface area contributed by atoms with Crippen LogP contribution in [-0.2, 0) is 34.4 Å². The number of aromatic nitrogens is 2. The first kappa shape index (κ1) is 23.3. The van der Waals surface area contributed by atoms with E-state index in [-0.39, 0.29) is 47.3 Å². The Morgan fingerprint density at radius 3 is 2.81 bits per heavy atom. The quantitative estimate of drug-likeness (QED) is 0.264. The Kier molecular flexibility index (Phi) is 6.41. The Morgan fingerprint density at radius 1 is 1.47 bits per heavy atom. The number of imidazole rings is 1. The minimum absolute atomic E-state index is 0.0466. The van der Waals surface area contributed by atoms with Crippen LogP contribution in [0.15, 0.2) is 23.1 Å². The van der Waals surface area contributed by atoms with E-state index >= 15 is 0 Å². The maximum absolute atomic E-state index is 12.5. The standard InChI is InChI=1S/C21H28ClN5O4S/c1-10-17-16(11(2)28)21(31)27(17)18(20(22)30)19(10)32-14-5-12(24-6-14)4-13-7-26(8-15(23)29)9-25(13)3/h7,9-12,14,16-17,24,28H,4-6,8H2,1-3H3,(H-,23,29)/p+1/t10-,11-,12-,14+,16-,17-/m1/s1. The van der Waals surface area contributed by atoms with E-state index in [0.29, 0.717) is 0 Å². The minimum Gasteiger partial charge on any atom is -0.393 e. The second-order valence-electron chi connectivity index (χ2n) is 9.01. The zero-order chi connectivity index (χ0) is 23.3. The Bertz CT molecular complexity index is 993. The lowest BCUT2D eigenvalue weighted by atomic mass is 9.79. The summed E-state index contributed by atoms with van der Waals surface area (Å²) in [4.78, 5) is 38.2. The molecule has 0 aromatic carbocycles. The van der Waals surface area contributed by atoms with Crippen LogP contribution in [0.3, 0.4) is 0 Å². The van der Waals surface area contributed by atoms with E-state index in [9.17, 15) is 19.5 Å². The van der Waals surface area contributed by atoms with Crippen LogP contribution < -0.4 is 15.6 Å². The zero-order valence-corrected chi connectivity index (χ0v) is 19.9. The van der Waals surface area contributed by atoms with Crippen LogP contribution in [0.2, 0.25) is 0 Å². The molecule has 11 heteroatoms. The number of carbonyl (C=O) groups excluding carboxylic acids is 3. The molecule has 0 aliphatic carbocycles. The molecule has 0 spiro atoms. The summed E-state index contributed by atoms with van der Waals surface area (Å²) in [7, 11) is 1.94. The Labute approximate surface area is 195 Å². The predicted molar refractivity (Wildman–Crippen MR) is 119 cm³/mol. The summed E-state index contributed by atoms with van der Waals surface area (Å²) in [6, 6.07) is 0.0383. The van der Waals surface area contributed by atoms with Crippen molar-refractivity contribution in [2.24, 2.45) is 24.6 Å². The van der Waals surface area contributed by atoms with Crippen molar-refractivity contribution in [2.75, 3.05) is 6.54 Å². The van der Waals surface area contributed by atoms with Gasteiger partial charge >= 0.3 is 0 Å². The highest BCUT2D eigenvalue weighted by atomic mass is 35.5. The number of hydrogen-bond donors (Lipinski definition) is 3. The van der Waals surface area contributed by atoms with Crippen LogP contribution in [0.25, 0.3) is 0 Å². The van der Waals surface area contributed by atoms with Gasteiger partial charge in [-0.05, 0) is 24.9 Å². The van der Waals surface area contributed by atoms with Crippen molar-refractivity contribution < 1.29 is 24.1 Å². The number of aliphatic hydroxyl groups excluding tert-OH is 1. The molecule has 1 aromatic rings. The first-order valence-electron chi connectivity index (χ1n) is 10.8. The van der Waals surface area contributed by atoms with E-state index in [1.165, 1.54) is 4.90 Å². The van der Waals surface area contributed by atoms with Crippen molar-refractivity contribution in [1.29, 1.82) is 0 Å². The number of nitrogens with one attached hydrogen (secondary N) is 1. The number of aliphatic hydroxyl groups is 1. The number of allylic oxidation sites excluding steroid dienone is 1. The molecule has 4 rings (SSSR count). The average molecular weight is 483 g/mol. The molecule has 9 nitrogen and oxygen atoms in total. The predicted octanol–water partition coefficient (Wildman–Crippen LogP) is -0.361. The highest BCUT2D eigenvalue weighted by Gasteiger charge is 2.59. The number of amides is 2. The van der Waals surface area contributed by atoms with Gasteiger partial charge in [-0.2, -0.15) is 0 Å². The number of halogens is 1. The minimum atomic E-state index is -0.762.